The predicted octanol–water partition coefficient (Wildman–Crippen LogP) is 4.16. The molecule has 1 fully saturated rings. The zero-order valence-corrected chi connectivity index (χ0v) is 13.0. The Morgan fingerprint density at radius 2 is 2.20 bits per heavy atom. The summed E-state index contributed by atoms with van der Waals surface area (Å²) in [5.74, 6) is 0.494. The molecule has 0 spiro atoms. The Morgan fingerprint density at radius 1 is 1.40 bits per heavy atom. The minimum absolute atomic E-state index is 0.119. The maximum Gasteiger partial charge on any atom is 0.126 e. The standard InChI is InChI=1S/C16H23F2NS/c1-3-8-19-15(16(2)7-4-9-20-16)11-12-10-13(17)5-6-14(12)18/h5-6,10,15,19H,3-4,7-9,11H2,1-2H3. The van der Waals surface area contributed by atoms with Crippen LogP contribution in [0.3, 0.4) is 0 Å². The van der Waals surface area contributed by atoms with Gasteiger partial charge in [-0.25, -0.2) is 8.78 Å². The third-order valence-corrected chi connectivity index (χ3v) is 5.70. The summed E-state index contributed by atoms with van der Waals surface area (Å²) in [5.41, 5.74) is 0.479. The molecule has 1 N–H and O–H groups in total. The van der Waals surface area contributed by atoms with E-state index in [0.29, 0.717) is 12.0 Å². The van der Waals surface area contributed by atoms with Gasteiger partial charge in [0.1, 0.15) is 11.6 Å². The Morgan fingerprint density at radius 3 is 2.85 bits per heavy atom. The molecule has 2 rings (SSSR count). The van der Waals surface area contributed by atoms with Crippen LogP contribution in [0.1, 0.15) is 38.7 Å². The first-order chi connectivity index (χ1) is 9.55. The van der Waals surface area contributed by atoms with Crippen molar-refractivity contribution in [2.45, 2.75) is 50.3 Å². The lowest BCUT2D eigenvalue weighted by molar-refractivity contribution is 0.393. The molecule has 0 aliphatic carbocycles. The van der Waals surface area contributed by atoms with Gasteiger partial charge in [-0.15, -0.1) is 0 Å². The average Bonchev–Trinajstić information content (AvgIpc) is 2.86. The number of halogens is 2. The average molecular weight is 299 g/mol. The fraction of sp³-hybridized carbons (Fsp3) is 0.625. The van der Waals surface area contributed by atoms with Crippen molar-refractivity contribution in [1.29, 1.82) is 0 Å². The van der Waals surface area contributed by atoms with E-state index in [1.54, 1.807) is 0 Å². The third-order valence-electron chi connectivity index (χ3n) is 4.06. The van der Waals surface area contributed by atoms with Crippen LogP contribution in [0.2, 0.25) is 0 Å². The van der Waals surface area contributed by atoms with Gasteiger partial charge in [0.2, 0.25) is 0 Å². The van der Waals surface area contributed by atoms with Crippen LogP contribution in [0.25, 0.3) is 0 Å². The topological polar surface area (TPSA) is 12.0 Å². The summed E-state index contributed by atoms with van der Waals surface area (Å²) in [4.78, 5) is 0. The fourth-order valence-corrected chi connectivity index (χ4v) is 4.23. The molecule has 4 heteroatoms. The second-order valence-corrected chi connectivity index (χ2v) is 7.34. The number of hydrogen-bond donors (Lipinski definition) is 1. The zero-order chi connectivity index (χ0) is 14.6. The zero-order valence-electron chi connectivity index (χ0n) is 12.2. The molecule has 2 atom stereocenters. The van der Waals surface area contributed by atoms with E-state index in [0.717, 1.165) is 25.1 Å². The Bertz CT molecular complexity index is 444. The van der Waals surface area contributed by atoms with E-state index in [2.05, 4.69) is 19.2 Å². The molecule has 1 saturated heterocycles. The van der Waals surface area contributed by atoms with E-state index in [4.69, 9.17) is 0 Å². The molecule has 1 heterocycles. The first-order valence-electron chi connectivity index (χ1n) is 7.36. The number of thioether (sulfide) groups is 1. The normalized spacial score (nSPS) is 24.0. The first kappa shape index (κ1) is 15.8. The highest BCUT2D eigenvalue weighted by atomic mass is 32.2. The largest absolute Gasteiger partial charge is 0.312 e. The summed E-state index contributed by atoms with van der Waals surface area (Å²) < 4.78 is 27.3. The lowest BCUT2D eigenvalue weighted by Gasteiger charge is -2.34. The molecule has 0 bridgehead atoms. The molecule has 1 aliphatic rings. The Kier molecular flexibility index (Phi) is 5.44. The Hall–Kier alpha value is -0.610. The van der Waals surface area contributed by atoms with Gasteiger partial charge in [-0.05, 0) is 68.7 Å². The lowest BCUT2D eigenvalue weighted by Crippen LogP contribution is -2.47. The van der Waals surface area contributed by atoms with Gasteiger partial charge in [-0.3, -0.25) is 0 Å². The van der Waals surface area contributed by atoms with Crippen LogP contribution >= 0.6 is 11.8 Å². The Labute approximate surface area is 124 Å². The molecule has 1 aromatic rings. The Balaban J connectivity index is 2.16. The molecule has 112 valence electrons. The molecule has 0 saturated carbocycles. The van der Waals surface area contributed by atoms with Gasteiger partial charge in [-0.2, -0.15) is 11.8 Å². The van der Waals surface area contributed by atoms with Gasteiger partial charge < -0.3 is 5.32 Å². The molecule has 1 nitrogen and oxygen atoms in total. The minimum atomic E-state index is -0.361. The van der Waals surface area contributed by atoms with Crippen molar-refractivity contribution >= 4 is 11.8 Å². The van der Waals surface area contributed by atoms with Crippen molar-refractivity contribution < 1.29 is 8.78 Å². The third kappa shape index (κ3) is 3.73. The summed E-state index contributed by atoms with van der Waals surface area (Å²) in [5, 5.41) is 3.54. The molecule has 2 unspecified atom stereocenters. The van der Waals surface area contributed by atoms with Gasteiger partial charge in [0, 0.05) is 10.8 Å². The number of nitrogens with one attached hydrogen (secondary N) is 1. The van der Waals surface area contributed by atoms with Crippen molar-refractivity contribution in [3.05, 3.63) is 35.4 Å². The van der Waals surface area contributed by atoms with Crippen molar-refractivity contribution in [2.24, 2.45) is 0 Å². The number of rotatable bonds is 6. The fourth-order valence-electron chi connectivity index (χ4n) is 2.82. The summed E-state index contributed by atoms with van der Waals surface area (Å²) in [6, 6.07) is 3.93. The van der Waals surface area contributed by atoms with Gasteiger partial charge in [0.15, 0.2) is 0 Å². The maximum atomic E-state index is 13.9. The summed E-state index contributed by atoms with van der Waals surface area (Å²) >= 11 is 1.95. The van der Waals surface area contributed by atoms with E-state index in [9.17, 15) is 8.78 Å². The van der Waals surface area contributed by atoms with E-state index >= 15 is 0 Å². The summed E-state index contributed by atoms with van der Waals surface area (Å²) in [6.07, 6.45) is 3.93. The number of benzene rings is 1. The second kappa shape index (κ2) is 6.90. The molecule has 0 radical (unpaired) electrons. The van der Waals surface area contributed by atoms with Crippen molar-refractivity contribution in [3.8, 4) is 0 Å². The van der Waals surface area contributed by atoms with Crippen LogP contribution in [0.5, 0.6) is 0 Å². The molecule has 0 amide bonds. The van der Waals surface area contributed by atoms with Crippen LogP contribution < -0.4 is 5.32 Å². The summed E-state index contributed by atoms with van der Waals surface area (Å²) in [7, 11) is 0. The van der Waals surface area contributed by atoms with Crippen LogP contribution in [0.4, 0.5) is 8.78 Å². The smallest absolute Gasteiger partial charge is 0.126 e. The van der Waals surface area contributed by atoms with Crippen LogP contribution in [-0.4, -0.2) is 23.1 Å². The van der Waals surface area contributed by atoms with Crippen LogP contribution in [0.15, 0.2) is 18.2 Å². The van der Waals surface area contributed by atoms with Crippen LogP contribution in [-0.2, 0) is 6.42 Å². The van der Waals surface area contributed by atoms with Crippen molar-refractivity contribution in [1.82, 2.24) is 5.32 Å². The molecule has 20 heavy (non-hydrogen) atoms. The quantitative estimate of drug-likeness (QED) is 0.846. The second-order valence-electron chi connectivity index (χ2n) is 5.71. The van der Waals surface area contributed by atoms with Gasteiger partial charge in [-0.1, -0.05) is 6.92 Å². The predicted molar refractivity (Wildman–Crippen MR) is 82.2 cm³/mol. The molecule has 1 aromatic carbocycles. The molecule has 0 aromatic heterocycles. The van der Waals surface area contributed by atoms with E-state index in [-0.39, 0.29) is 22.4 Å². The van der Waals surface area contributed by atoms with Gasteiger partial charge >= 0.3 is 0 Å². The lowest BCUT2D eigenvalue weighted by atomic mass is 9.90. The van der Waals surface area contributed by atoms with Crippen molar-refractivity contribution in [3.63, 3.8) is 0 Å². The highest BCUT2D eigenvalue weighted by Crippen LogP contribution is 2.41. The highest BCUT2D eigenvalue weighted by Gasteiger charge is 2.37. The minimum Gasteiger partial charge on any atom is -0.312 e. The molecular weight excluding hydrogens is 276 g/mol. The SMILES string of the molecule is CCCNC(Cc1cc(F)ccc1F)C1(C)CCCS1. The van der Waals surface area contributed by atoms with E-state index < -0.39 is 0 Å². The number of hydrogen-bond acceptors (Lipinski definition) is 2. The van der Waals surface area contributed by atoms with Crippen LogP contribution in [0, 0.1) is 11.6 Å². The van der Waals surface area contributed by atoms with Gasteiger partial charge in [0.05, 0.1) is 0 Å². The van der Waals surface area contributed by atoms with E-state index in [1.165, 1.54) is 24.6 Å². The van der Waals surface area contributed by atoms with Gasteiger partial charge in [0.25, 0.3) is 0 Å². The van der Waals surface area contributed by atoms with E-state index in [1.807, 2.05) is 11.8 Å². The van der Waals surface area contributed by atoms with Crippen molar-refractivity contribution in [2.75, 3.05) is 12.3 Å². The summed E-state index contributed by atoms with van der Waals surface area (Å²) in [6.45, 7) is 5.28. The first-order valence-corrected chi connectivity index (χ1v) is 8.35. The molecular formula is C16H23F2NS. The monoisotopic (exact) mass is 299 g/mol. The highest BCUT2D eigenvalue weighted by molar-refractivity contribution is 8.00. The molecule has 1 aliphatic heterocycles. The maximum absolute atomic E-state index is 13.9.